The minimum Gasteiger partial charge on any atom is -0.465 e. The molecule has 0 aliphatic heterocycles. The van der Waals surface area contributed by atoms with Gasteiger partial charge in [-0.05, 0) is 55.7 Å². The largest absolute Gasteiger partial charge is 0.465 e. The highest BCUT2D eigenvalue weighted by molar-refractivity contribution is 5.89. The number of aryl methyl sites for hydroxylation is 1. The van der Waals surface area contributed by atoms with E-state index in [0.29, 0.717) is 11.5 Å². The molecule has 1 aliphatic rings. The maximum atomic E-state index is 12.0. The summed E-state index contributed by atoms with van der Waals surface area (Å²) in [6, 6.07) is 28.2. The minimum atomic E-state index is -0.298. The standard InChI is InChI=1S/C32H31NO3/c1-35-32(34)27-18-11-12-23(22-27)20-21-24-13-5-4-10-19-28(24)31-33-29(25-14-6-2-7-15-25)30(36-31)26-16-8-3-9-17-26/h2-3,6-9,11-12,14-19,22,24H,4-5,10,13,20-21H2,1H3. The Labute approximate surface area is 212 Å². The highest BCUT2D eigenvalue weighted by Gasteiger charge is 2.25. The first-order chi connectivity index (χ1) is 17.7. The zero-order valence-electron chi connectivity index (χ0n) is 20.7. The van der Waals surface area contributed by atoms with Crippen LogP contribution < -0.4 is 0 Å². The summed E-state index contributed by atoms with van der Waals surface area (Å²) in [7, 11) is 1.42. The van der Waals surface area contributed by atoms with E-state index in [1.165, 1.54) is 25.5 Å². The average molecular weight is 478 g/mol. The maximum absolute atomic E-state index is 12.0. The van der Waals surface area contributed by atoms with Crippen LogP contribution >= 0.6 is 0 Å². The molecule has 0 N–H and O–H groups in total. The second-order valence-electron chi connectivity index (χ2n) is 9.30. The van der Waals surface area contributed by atoms with Crippen LogP contribution in [0.5, 0.6) is 0 Å². The van der Waals surface area contributed by atoms with E-state index in [1.54, 1.807) is 6.07 Å². The number of benzene rings is 3. The van der Waals surface area contributed by atoms with Gasteiger partial charge in [-0.15, -0.1) is 0 Å². The topological polar surface area (TPSA) is 52.3 Å². The molecule has 1 aromatic heterocycles. The number of rotatable bonds is 7. The molecule has 4 nitrogen and oxygen atoms in total. The summed E-state index contributed by atoms with van der Waals surface area (Å²) in [4.78, 5) is 17.0. The van der Waals surface area contributed by atoms with Gasteiger partial charge in [0.15, 0.2) is 5.76 Å². The van der Waals surface area contributed by atoms with Crippen LogP contribution in [0.1, 0.15) is 53.9 Å². The highest BCUT2D eigenvalue weighted by Crippen LogP contribution is 2.39. The fraction of sp³-hybridized carbons (Fsp3) is 0.250. The SMILES string of the molecule is COC(=O)c1cccc(CCC2CCCCC=C2c2nc(-c3ccccc3)c(-c3ccccc3)o2)c1. The third kappa shape index (κ3) is 5.33. The summed E-state index contributed by atoms with van der Waals surface area (Å²) in [5.41, 5.74) is 5.91. The van der Waals surface area contributed by atoms with Gasteiger partial charge in [0, 0.05) is 16.7 Å². The number of aromatic nitrogens is 1. The van der Waals surface area contributed by atoms with Gasteiger partial charge < -0.3 is 9.15 Å². The van der Waals surface area contributed by atoms with Gasteiger partial charge in [-0.2, -0.15) is 0 Å². The van der Waals surface area contributed by atoms with Crippen LogP contribution in [0.4, 0.5) is 0 Å². The molecule has 1 atom stereocenters. The Morgan fingerprint density at radius 1 is 0.944 bits per heavy atom. The van der Waals surface area contributed by atoms with E-state index in [2.05, 4.69) is 36.4 Å². The highest BCUT2D eigenvalue weighted by atomic mass is 16.5. The summed E-state index contributed by atoms with van der Waals surface area (Å²) in [6.07, 6.45) is 8.68. The lowest BCUT2D eigenvalue weighted by Gasteiger charge is -2.17. The van der Waals surface area contributed by atoms with Crippen LogP contribution in [0.2, 0.25) is 0 Å². The predicted octanol–water partition coefficient (Wildman–Crippen LogP) is 8.00. The Bertz CT molecular complexity index is 1280. The van der Waals surface area contributed by atoms with Crippen molar-refractivity contribution in [3.8, 4) is 22.6 Å². The zero-order chi connectivity index (χ0) is 24.7. The van der Waals surface area contributed by atoms with Crippen LogP contribution in [0.3, 0.4) is 0 Å². The molecule has 0 fully saturated rings. The summed E-state index contributed by atoms with van der Waals surface area (Å²) in [5.74, 6) is 1.59. The van der Waals surface area contributed by atoms with Crippen molar-refractivity contribution < 1.29 is 13.9 Å². The van der Waals surface area contributed by atoms with Gasteiger partial charge in [-0.1, -0.05) is 85.3 Å². The van der Waals surface area contributed by atoms with Crippen molar-refractivity contribution in [3.05, 3.63) is 108 Å². The van der Waals surface area contributed by atoms with E-state index in [-0.39, 0.29) is 5.97 Å². The van der Waals surface area contributed by atoms with Crippen molar-refractivity contribution in [1.29, 1.82) is 0 Å². The van der Waals surface area contributed by atoms with Crippen molar-refractivity contribution in [1.82, 2.24) is 4.98 Å². The number of ether oxygens (including phenoxy) is 1. The molecule has 0 radical (unpaired) electrons. The summed E-state index contributed by atoms with van der Waals surface area (Å²) in [5, 5.41) is 0. The van der Waals surface area contributed by atoms with Crippen LogP contribution in [0.25, 0.3) is 28.2 Å². The van der Waals surface area contributed by atoms with Crippen LogP contribution in [-0.2, 0) is 11.2 Å². The van der Waals surface area contributed by atoms with Gasteiger partial charge in [0.1, 0.15) is 5.69 Å². The van der Waals surface area contributed by atoms with Crippen molar-refractivity contribution in [3.63, 3.8) is 0 Å². The normalized spacial score (nSPS) is 15.7. The Balaban J connectivity index is 1.46. The number of carbonyl (C=O) groups is 1. The molecule has 0 amide bonds. The van der Waals surface area contributed by atoms with Gasteiger partial charge in [0.2, 0.25) is 5.89 Å². The molecule has 5 rings (SSSR count). The quantitative estimate of drug-likeness (QED) is 0.253. The number of nitrogens with zero attached hydrogens (tertiary/aromatic N) is 1. The number of esters is 1. The van der Waals surface area contributed by atoms with Crippen LogP contribution in [-0.4, -0.2) is 18.1 Å². The van der Waals surface area contributed by atoms with Crippen molar-refractivity contribution in [2.24, 2.45) is 5.92 Å². The monoisotopic (exact) mass is 477 g/mol. The predicted molar refractivity (Wildman–Crippen MR) is 143 cm³/mol. The number of hydrogen-bond acceptors (Lipinski definition) is 4. The molecule has 0 bridgehead atoms. The van der Waals surface area contributed by atoms with E-state index < -0.39 is 0 Å². The molecule has 1 heterocycles. The smallest absolute Gasteiger partial charge is 0.337 e. The Hall–Kier alpha value is -3.92. The third-order valence-electron chi connectivity index (χ3n) is 6.90. The van der Waals surface area contributed by atoms with E-state index in [9.17, 15) is 4.79 Å². The van der Waals surface area contributed by atoms with Crippen molar-refractivity contribution in [2.75, 3.05) is 7.11 Å². The molecule has 182 valence electrons. The maximum Gasteiger partial charge on any atom is 0.337 e. The van der Waals surface area contributed by atoms with Gasteiger partial charge >= 0.3 is 5.97 Å². The minimum absolute atomic E-state index is 0.298. The summed E-state index contributed by atoms with van der Waals surface area (Å²) < 4.78 is 11.5. The first-order valence-electron chi connectivity index (χ1n) is 12.7. The third-order valence-corrected chi connectivity index (χ3v) is 6.90. The first-order valence-corrected chi connectivity index (χ1v) is 12.7. The molecule has 4 heteroatoms. The van der Waals surface area contributed by atoms with E-state index in [0.717, 1.165) is 59.7 Å². The lowest BCUT2D eigenvalue weighted by atomic mass is 9.89. The first kappa shape index (κ1) is 23.8. The van der Waals surface area contributed by atoms with Gasteiger partial charge in [0.25, 0.3) is 0 Å². The molecule has 0 saturated heterocycles. The summed E-state index contributed by atoms with van der Waals surface area (Å²) >= 11 is 0. The molecule has 4 aromatic rings. The van der Waals surface area contributed by atoms with Crippen LogP contribution in [0, 0.1) is 5.92 Å². The van der Waals surface area contributed by atoms with Gasteiger partial charge in [-0.3, -0.25) is 0 Å². The van der Waals surface area contributed by atoms with Gasteiger partial charge in [0.05, 0.1) is 12.7 Å². The molecule has 3 aromatic carbocycles. The molecular formula is C32H31NO3. The van der Waals surface area contributed by atoms with Crippen molar-refractivity contribution >= 4 is 11.5 Å². The second kappa shape index (κ2) is 11.2. The molecule has 1 unspecified atom stereocenters. The average Bonchev–Trinajstić information content (AvgIpc) is 3.25. The fourth-order valence-corrected chi connectivity index (χ4v) is 5.01. The Morgan fingerprint density at radius 2 is 1.69 bits per heavy atom. The molecular weight excluding hydrogens is 446 g/mol. The number of allylic oxidation sites excluding steroid dienone is 2. The lowest BCUT2D eigenvalue weighted by molar-refractivity contribution is 0.0600. The molecule has 1 aliphatic carbocycles. The number of carbonyl (C=O) groups excluding carboxylic acids is 1. The zero-order valence-corrected chi connectivity index (χ0v) is 20.7. The Kier molecular flexibility index (Phi) is 7.41. The fourth-order valence-electron chi connectivity index (χ4n) is 5.01. The second-order valence-corrected chi connectivity index (χ2v) is 9.30. The molecule has 0 spiro atoms. The summed E-state index contributed by atoms with van der Waals surface area (Å²) in [6.45, 7) is 0. The number of oxazole rings is 1. The van der Waals surface area contributed by atoms with Crippen molar-refractivity contribution in [2.45, 2.75) is 38.5 Å². The number of hydrogen-bond donors (Lipinski definition) is 0. The molecule has 36 heavy (non-hydrogen) atoms. The lowest BCUT2D eigenvalue weighted by Crippen LogP contribution is -2.06. The number of methoxy groups -OCH3 is 1. The van der Waals surface area contributed by atoms with Crippen LogP contribution in [0.15, 0.2) is 95.4 Å². The van der Waals surface area contributed by atoms with E-state index in [4.69, 9.17) is 14.1 Å². The Morgan fingerprint density at radius 3 is 2.44 bits per heavy atom. The van der Waals surface area contributed by atoms with E-state index in [1.807, 2.05) is 48.5 Å². The van der Waals surface area contributed by atoms with E-state index >= 15 is 0 Å². The molecule has 0 saturated carbocycles. The van der Waals surface area contributed by atoms with Gasteiger partial charge in [-0.25, -0.2) is 9.78 Å².